The number of hydrazine groups is 1. The predicted octanol–water partition coefficient (Wildman–Crippen LogP) is 2.80. The van der Waals surface area contributed by atoms with Crippen molar-refractivity contribution >= 4 is 17.7 Å². The van der Waals surface area contributed by atoms with Crippen LogP contribution in [0.5, 0.6) is 0 Å². The molecule has 0 saturated carbocycles. The minimum Gasteiger partial charge on any atom is -0.270 e. The van der Waals surface area contributed by atoms with Crippen molar-refractivity contribution in [1.29, 1.82) is 0 Å². The lowest BCUT2D eigenvalue weighted by Crippen LogP contribution is -2.49. The Kier molecular flexibility index (Phi) is 6.11. The number of nitro groups is 1. The first-order chi connectivity index (χ1) is 9.76. The molecule has 7 heteroatoms. The topological polar surface area (TPSA) is 75.5 Å². The van der Waals surface area contributed by atoms with Crippen molar-refractivity contribution in [3.05, 3.63) is 45.5 Å². The van der Waals surface area contributed by atoms with Crippen LogP contribution in [-0.2, 0) is 6.42 Å². The normalized spacial score (nSPS) is 11.5. The van der Waals surface area contributed by atoms with Crippen molar-refractivity contribution in [1.82, 2.24) is 9.95 Å². The number of nitrogens with zero attached hydrogens (tertiary/aromatic N) is 2. The molecule has 0 aliphatic heterocycles. The Hall–Kier alpha value is -1.66. The highest BCUT2D eigenvalue weighted by molar-refractivity contribution is 6.14. The van der Waals surface area contributed by atoms with Crippen LogP contribution in [0.25, 0.3) is 0 Å². The molecule has 0 saturated heterocycles. The van der Waals surface area contributed by atoms with Gasteiger partial charge in [0, 0.05) is 28.7 Å². The number of hydrogen-bond acceptors (Lipinski definition) is 4. The molecule has 0 heterocycles. The van der Waals surface area contributed by atoms with E-state index in [1.807, 2.05) is 19.1 Å². The average Bonchev–Trinajstić information content (AvgIpc) is 2.45. The van der Waals surface area contributed by atoms with Crippen LogP contribution in [0.3, 0.4) is 0 Å². The molecule has 1 aromatic carbocycles. The van der Waals surface area contributed by atoms with E-state index < -0.39 is 10.5 Å². The summed E-state index contributed by atoms with van der Waals surface area (Å²) in [5, 5.41) is 10.4. The number of aryl methyl sites for hydroxylation is 1. The van der Waals surface area contributed by atoms with Crippen LogP contribution in [0.1, 0.15) is 43.1 Å². The zero-order chi connectivity index (χ0) is 16.0. The lowest BCUT2D eigenvalue weighted by Gasteiger charge is -2.31. The van der Waals surface area contributed by atoms with E-state index in [1.54, 1.807) is 26.0 Å². The minimum atomic E-state index is -0.729. The molecule has 0 aromatic heterocycles. The quantitative estimate of drug-likeness (QED) is 0.477. The van der Waals surface area contributed by atoms with Crippen LogP contribution in [0.4, 0.5) is 0 Å². The van der Waals surface area contributed by atoms with Gasteiger partial charge in [-0.05, 0) is 38.0 Å². The number of carbonyl (C=O) groups excluding carboxylic acids is 1. The van der Waals surface area contributed by atoms with Crippen LogP contribution < -0.4 is 5.43 Å². The van der Waals surface area contributed by atoms with Gasteiger partial charge in [-0.1, -0.05) is 19.1 Å². The zero-order valence-corrected chi connectivity index (χ0v) is 13.2. The summed E-state index contributed by atoms with van der Waals surface area (Å²) >= 11 is 6.04. The Labute approximate surface area is 129 Å². The Balaban J connectivity index is 2.65. The molecule has 1 N–H and O–H groups in total. The summed E-state index contributed by atoms with van der Waals surface area (Å²) in [4.78, 5) is 22.1. The van der Waals surface area contributed by atoms with E-state index in [0.717, 1.165) is 16.5 Å². The van der Waals surface area contributed by atoms with Crippen molar-refractivity contribution in [2.45, 2.75) is 39.2 Å². The van der Waals surface area contributed by atoms with Crippen LogP contribution in [0, 0.1) is 10.1 Å². The van der Waals surface area contributed by atoms with Gasteiger partial charge in [-0.25, -0.2) is 0 Å². The van der Waals surface area contributed by atoms with E-state index in [2.05, 4.69) is 5.43 Å². The Morgan fingerprint density at radius 2 is 1.95 bits per heavy atom. The highest BCUT2D eigenvalue weighted by Gasteiger charge is 2.29. The van der Waals surface area contributed by atoms with Crippen molar-refractivity contribution in [2.75, 3.05) is 6.54 Å². The maximum atomic E-state index is 12.1. The van der Waals surface area contributed by atoms with E-state index in [0.29, 0.717) is 5.56 Å². The Morgan fingerprint density at radius 3 is 2.43 bits per heavy atom. The van der Waals surface area contributed by atoms with Gasteiger partial charge in [0.2, 0.25) is 6.54 Å². The lowest BCUT2D eigenvalue weighted by molar-refractivity contribution is -0.482. The molecule has 1 amide bonds. The molecule has 0 unspecified atom stereocenters. The van der Waals surface area contributed by atoms with Gasteiger partial charge in [-0.3, -0.25) is 20.3 Å². The van der Waals surface area contributed by atoms with E-state index in [-0.39, 0.29) is 18.9 Å². The van der Waals surface area contributed by atoms with Gasteiger partial charge >= 0.3 is 0 Å². The van der Waals surface area contributed by atoms with Crippen molar-refractivity contribution < 1.29 is 9.72 Å². The monoisotopic (exact) mass is 313 g/mol. The lowest BCUT2D eigenvalue weighted by atomic mass is 10.0. The Morgan fingerprint density at radius 1 is 1.38 bits per heavy atom. The third-order valence-corrected chi connectivity index (χ3v) is 3.80. The fourth-order valence-corrected chi connectivity index (χ4v) is 1.82. The summed E-state index contributed by atoms with van der Waals surface area (Å²) in [6.45, 7) is 5.28. The molecule has 1 rings (SSSR count). The maximum absolute atomic E-state index is 12.1. The number of rotatable bonds is 7. The molecule has 0 aliphatic carbocycles. The first-order valence-electron chi connectivity index (χ1n) is 6.74. The summed E-state index contributed by atoms with van der Waals surface area (Å²) in [5.74, 6) is -0.346. The van der Waals surface area contributed by atoms with Crippen molar-refractivity contribution in [3.63, 3.8) is 0 Å². The second-order valence-electron chi connectivity index (χ2n) is 5.39. The van der Waals surface area contributed by atoms with E-state index in [9.17, 15) is 14.9 Å². The largest absolute Gasteiger partial charge is 0.270 e. The van der Waals surface area contributed by atoms with Crippen LogP contribution in [0.2, 0.25) is 0 Å². The van der Waals surface area contributed by atoms with Crippen LogP contribution in [0.15, 0.2) is 24.3 Å². The van der Waals surface area contributed by atoms with Gasteiger partial charge < -0.3 is 0 Å². The molecular weight excluding hydrogens is 294 g/mol. The number of halogens is 1. The van der Waals surface area contributed by atoms with Gasteiger partial charge in [0.05, 0.1) is 5.54 Å². The second kappa shape index (κ2) is 7.38. The third-order valence-electron chi connectivity index (χ3n) is 3.26. The standard InChI is InChI=1S/C14H20ClN3O3/c1-4-11-5-7-12(8-6-11)13(19)16-18(15)14(2,3)9-10-17(20)21/h5-8H,4,9-10H2,1-3H3,(H,16,19). The zero-order valence-electron chi connectivity index (χ0n) is 12.4. The predicted molar refractivity (Wildman–Crippen MR) is 81.5 cm³/mol. The molecule has 0 spiro atoms. The number of nitrogens with one attached hydrogen (secondary N) is 1. The molecule has 0 aliphatic rings. The molecule has 21 heavy (non-hydrogen) atoms. The summed E-state index contributed by atoms with van der Waals surface area (Å²) in [7, 11) is 0. The van der Waals surface area contributed by atoms with Gasteiger partial charge in [0.1, 0.15) is 0 Å². The molecule has 6 nitrogen and oxygen atoms in total. The van der Waals surface area contributed by atoms with Gasteiger partial charge in [-0.15, -0.1) is 4.53 Å². The average molecular weight is 314 g/mol. The molecule has 0 atom stereocenters. The SMILES string of the molecule is CCc1ccc(C(=O)NN(Cl)C(C)(C)CC[N+](=O)[O-])cc1. The van der Waals surface area contributed by atoms with Gasteiger partial charge in [-0.2, -0.15) is 0 Å². The number of benzene rings is 1. The second-order valence-corrected chi connectivity index (χ2v) is 5.73. The fourth-order valence-electron chi connectivity index (χ4n) is 1.66. The molecule has 0 bridgehead atoms. The van der Waals surface area contributed by atoms with E-state index in [4.69, 9.17) is 11.8 Å². The number of amides is 1. The fraction of sp³-hybridized carbons (Fsp3) is 0.500. The van der Waals surface area contributed by atoms with Crippen molar-refractivity contribution in [2.24, 2.45) is 0 Å². The Bertz CT molecular complexity index is 503. The third kappa shape index (κ3) is 5.32. The minimum absolute atomic E-state index is 0.211. The molecule has 0 fully saturated rings. The maximum Gasteiger partial charge on any atom is 0.266 e. The summed E-state index contributed by atoms with van der Waals surface area (Å²) < 4.78 is 1.10. The molecule has 116 valence electrons. The molecular formula is C14H20ClN3O3. The smallest absolute Gasteiger partial charge is 0.266 e. The first kappa shape index (κ1) is 17.4. The van der Waals surface area contributed by atoms with E-state index >= 15 is 0 Å². The molecule has 1 aromatic rings. The number of carbonyl (C=O) groups is 1. The highest BCUT2D eigenvalue weighted by Crippen LogP contribution is 2.19. The molecule has 0 radical (unpaired) electrons. The van der Waals surface area contributed by atoms with Crippen molar-refractivity contribution in [3.8, 4) is 0 Å². The van der Waals surface area contributed by atoms with Crippen LogP contribution in [-0.4, -0.2) is 27.4 Å². The summed E-state index contributed by atoms with van der Waals surface area (Å²) in [6.07, 6.45) is 1.12. The van der Waals surface area contributed by atoms with E-state index in [1.165, 1.54) is 0 Å². The summed E-state index contributed by atoms with van der Waals surface area (Å²) in [5.41, 5.74) is 3.43. The number of hydrogen-bond donors (Lipinski definition) is 1. The summed E-state index contributed by atoms with van der Waals surface area (Å²) in [6, 6.07) is 7.21. The van der Waals surface area contributed by atoms with Gasteiger partial charge in [0.25, 0.3) is 5.91 Å². The highest BCUT2D eigenvalue weighted by atomic mass is 35.5. The van der Waals surface area contributed by atoms with Crippen LogP contribution >= 0.6 is 11.8 Å². The first-order valence-corrected chi connectivity index (χ1v) is 7.08. The van der Waals surface area contributed by atoms with Gasteiger partial charge in [0.15, 0.2) is 0 Å².